The molecule has 0 aliphatic heterocycles. The Morgan fingerprint density at radius 2 is 1.56 bits per heavy atom. The number of halogens is 3. The molecule has 4 aromatic rings. The maximum atomic E-state index is 13.9. The van der Waals surface area contributed by atoms with E-state index >= 15 is 0 Å². The van der Waals surface area contributed by atoms with Gasteiger partial charge in [-0.2, -0.15) is 13.2 Å². The highest BCUT2D eigenvalue weighted by Gasteiger charge is 2.35. The lowest BCUT2D eigenvalue weighted by Gasteiger charge is -2.16. The van der Waals surface area contributed by atoms with Crippen LogP contribution in [0.15, 0.2) is 36.5 Å². The number of rotatable bonds is 3. The van der Waals surface area contributed by atoms with Gasteiger partial charge in [-0.3, -0.25) is 4.98 Å². The summed E-state index contributed by atoms with van der Waals surface area (Å²) in [6.07, 6.45) is -2.52. The van der Waals surface area contributed by atoms with Crippen LogP contribution in [0, 0.1) is 26.2 Å². The van der Waals surface area contributed by atoms with Crippen molar-refractivity contribution in [2.24, 2.45) is 5.41 Å². The number of hydrogen-bond donors (Lipinski definition) is 0. The highest BCUT2D eigenvalue weighted by atomic mass is 32.1. The van der Waals surface area contributed by atoms with Crippen molar-refractivity contribution in [1.82, 2.24) is 4.98 Å². The number of aryl methyl sites for hydroxylation is 3. The molecule has 0 N–H and O–H groups in total. The molecule has 3 heterocycles. The molecule has 32 heavy (non-hydrogen) atoms. The van der Waals surface area contributed by atoms with Gasteiger partial charge in [-0.15, -0.1) is 22.7 Å². The first kappa shape index (κ1) is 23.0. The Morgan fingerprint density at radius 3 is 2.16 bits per heavy atom. The fourth-order valence-electron chi connectivity index (χ4n) is 4.14. The first-order valence-electron chi connectivity index (χ1n) is 10.5. The molecule has 4 rings (SSSR count). The normalized spacial score (nSPS) is 12.7. The Balaban J connectivity index is 1.96. The number of nitrogens with zero attached hydrogens (tertiary/aromatic N) is 1. The van der Waals surface area contributed by atoms with E-state index in [4.69, 9.17) is 0 Å². The Labute approximate surface area is 195 Å². The quantitative estimate of drug-likeness (QED) is 0.289. The molecule has 0 saturated carbocycles. The molecule has 0 spiro atoms. The van der Waals surface area contributed by atoms with Gasteiger partial charge < -0.3 is 0 Å². The van der Waals surface area contributed by atoms with Crippen LogP contribution in [0.2, 0.25) is 0 Å². The zero-order valence-electron chi connectivity index (χ0n) is 19.1. The van der Waals surface area contributed by atoms with Gasteiger partial charge in [0, 0.05) is 31.8 Å². The van der Waals surface area contributed by atoms with E-state index in [1.807, 2.05) is 32.0 Å². The van der Waals surface area contributed by atoms with Crippen LogP contribution in [-0.4, -0.2) is 4.98 Å². The predicted molar refractivity (Wildman–Crippen MR) is 131 cm³/mol. The summed E-state index contributed by atoms with van der Waals surface area (Å²) in [6, 6.07) is 10.2. The summed E-state index contributed by atoms with van der Waals surface area (Å²) >= 11 is 3.09. The highest BCUT2D eigenvalue weighted by molar-refractivity contribution is 7.26. The number of pyridine rings is 1. The molecule has 0 amide bonds. The SMILES string of the molecule is Cc1cc(C)cc(-c2ncc(C(F)(F)F)c3c(C)c(-c4ccc(CC(C)(C)C)s4)sc23)c1. The summed E-state index contributed by atoms with van der Waals surface area (Å²) in [6.45, 7) is 12.4. The zero-order valence-corrected chi connectivity index (χ0v) is 20.7. The second kappa shape index (κ2) is 7.99. The fourth-order valence-corrected chi connectivity index (χ4v) is 6.96. The maximum Gasteiger partial charge on any atom is 0.418 e. The van der Waals surface area contributed by atoms with Gasteiger partial charge in [-0.25, -0.2) is 0 Å². The van der Waals surface area contributed by atoms with Crippen molar-refractivity contribution in [1.29, 1.82) is 0 Å². The highest BCUT2D eigenvalue weighted by Crippen LogP contribution is 2.48. The van der Waals surface area contributed by atoms with E-state index < -0.39 is 11.7 Å². The van der Waals surface area contributed by atoms with Crippen LogP contribution in [0.5, 0.6) is 0 Å². The third-order valence-electron chi connectivity index (χ3n) is 5.34. The van der Waals surface area contributed by atoms with Crippen LogP contribution in [0.1, 0.15) is 47.9 Å². The summed E-state index contributed by atoms with van der Waals surface area (Å²) in [5.41, 5.74) is 3.77. The van der Waals surface area contributed by atoms with Crippen molar-refractivity contribution in [3.63, 3.8) is 0 Å². The molecule has 0 bridgehead atoms. The minimum absolute atomic E-state index is 0.154. The van der Waals surface area contributed by atoms with Gasteiger partial charge in [0.15, 0.2) is 0 Å². The van der Waals surface area contributed by atoms with E-state index in [1.165, 1.54) is 16.2 Å². The molecule has 3 aromatic heterocycles. The molecule has 0 unspecified atom stereocenters. The number of aromatic nitrogens is 1. The lowest BCUT2D eigenvalue weighted by molar-refractivity contribution is -0.136. The van der Waals surface area contributed by atoms with Gasteiger partial charge in [0.1, 0.15) is 0 Å². The van der Waals surface area contributed by atoms with Crippen LogP contribution >= 0.6 is 22.7 Å². The van der Waals surface area contributed by atoms with E-state index in [-0.39, 0.29) is 10.8 Å². The van der Waals surface area contributed by atoms with Crippen molar-refractivity contribution in [3.8, 4) is 21.0 Å². The van der Waals surface area contributed by atoms with Crippen LogP contribution in [0.3, 0.4) is 0 Å². The average molecular weight is 474 g/mol. The van der Waals surface area contributed by atoms with E-state index in [0.717, 1.165) is 39.1 Å². The zero-order chi connectivity index (χ0) is 23.4. The summed E-state index contributed by atoms with van der Waals surface area (Å²) in [5.74, 6) is 0. The second-order valence-corrected chi connectivity index (χ2v) is 11.8. The molecular weight excluding hydrogens is 447 g/mol. The summed E-state index contributed by atoms with van der Waals surface area (Å²) in [7, 11) is 0. The van der Waals surface area contributed by atoms with Crippen molar-refractivity contribution in [2.45, 2.75) is 54.1 Å². The molecule has 0 fully saturated rings. The van der Waals surface area contributed by atoms with Gasteiger partial charge in [-0.05, 0) is 62.4 Å². The third kappa shape index (κ3) is 4.48. The smallest absolute Gasteiger partial charge is 0.254 e. The van der Waals surface area contributed by atoms with E-state index in [9.17, 15) is 13.2 Å². The van der Waals surface area contributed by atoms with Gasteiger partial charge in [0.2, 0.25) is 0 Å². The van der Waals surface area contributed by atoms with Gasteiger partial charge in [0.05, 0.1) is 16.0 Å². The molecular formula is C26H26F3NS2. The van der Waals surface area contributed by atoms with Crippen LogP contribution in [0.4, 0.5) is 13.2 Å². The number of benzene rings is 1. The molecule has 6 heteroatoms. The second-order valence-electron chi connectivity index (χ2n) is 9.66. The van der Waals surface area contributed by atoms with Crippen LogP contribution in [0.25, 0.3) is 31.1 Å². The lowest BCUT2D eigenvalue weighted by atomic mass is 9.92. The number of hydrogen-bond acceptors (Lipinski definition) is 3. The topological polar surface area (TPSA) is 12.9 Å². The van der Waals surface area contributed by atoms with Gasteiger partial charge in [0.25, 0.3) is 0 Å². The Bertz CT molecular complexity index is 1280. The van der Waals surface area contributed by atoms with Crippen molar-refractivity contribution < 1.29 is 13.2 Å². The van der Waals surface area contributed by atoms with Crippen LogP contribution in [-0.2, 0) is 12.6 Å². The van der Waals surface area contributed by atoms with Crippen molar-refractivity contribution in [2.75, 3.05) is 0 Å². The summed E-state index contributed by atoms with van der Waals surface area (Å²) < 4.78 is 42.4. The average Bonchev–Trinajstić information content (AvgIpc) is 3.22. The molecule has 0 saturated heterocycles. The number of alkyl halides is 3. The molecule has 1 aromatic carbocycles. The van der Waals surface area contributed by atoms with E-state index in [0.29, 0.717) is 16.0 Å². The minimum Gasteiger partial charge on any atom is -0.254 e. The van der Waals surface area contributed by atoms with Crippen molar-refractivity contribution in [3.05, 3.63) is 63.7 Å². The molecule has 0 atom stereocenters. The summed E-state index contributed by atoms with van der Waals surface area (Å²) in [4.78, 5) is 7.48. The lowest BCUT2D eigenvalue weighted by Crippen LogP contribution is -2.07. The number of fused-ring (bicyclic) bond motifs is 1. The Morgan fingerprint density at radius 1 is 0.906 bits per heavy atom. The number of thiophene rings is 2. The van der Waals surface area contributed by atoms with E-state index in [2.05, 4.69) is 37.9 Å². The van der Waals surface area contributed by atoms with Gasteiger partial charge in [-0.1, -0.05) is 38.0 Å². The van der Waals surface area contributed by atoms with Crippen molar-refractivity contribution >= 4 is 32.8 Å². The molecule has 168 valence electrons. The Hall–Kier alpha value is -2.18. The third-order valence-corrected chi connectivity index (χ3v) is 7.91. The van der Waals surface area contributed by atoms with Gasteiger partial charge >= 0.3 is 6.18 Å². The monoisotopic (exact) mass is 473 g/mol. The Kier molecular flexibility index (Phi) is 5.74. The first-order valence-corrected chi connectivity index (χ1v) is 12.1. The van der Waals surface area contributed by atoms with Crippen LogP contribution < -0.4 is 0 Å². The summed E-state index contributed by atoms with van der Waals surface area (Å²) in [5, 5.41) is 0.271. The standard InChI is InChI=1S/C26H26F3NS2/c1-14-9-15(2)11-17(10-14)22-24-21(19(13-30-22)26(27,28)29)16(3)23(32-24)20-8-7-18(31-20)12-25(4,5)6/h7-11,13H,12H2,1-6H3. The fraction of sp³-hybridized carbons (Fsp3) is 0.346. The molecule has 0 aliphatic rings. The first-order chi connectivity index (χ1) is 14.8. The molecule has 0 aliphatic carbocycles. The maximum absolute atomic E-state index is 13.9. The molecule has 0 radical (unpaired) electrons. The predicted octanol–water partition coefficient (Wildman–Crippen LogP) is 9.22. The van der Waals surface area contributed by atoms with E-state index in [1.54, 1.807) is 18.3 Å². The minimum atomic E-state index is -4.46. The largest absolute Gasteiger partial charge is 0.418 e. The molecule has 1 nitrogen and oxygen atoms in total.